The van der Waals surface area contributed by atoms with Gasteiger partial charge in [-0.3, -0.25) is 14.5 Å². The molecule has 3 aromatic rings. The number of nitrogens with two attached hydrogens (primary N) is 1. The van der Waals surface area contributed by atoms with Crippen molar-refractivity contribution in [3.05, 3.63) is 42.7 Å². The van der Waals surface area contributed by atoms with Crippen LogP contribution in [0.5, 0.6) is 0 Å². The fraction of sp³-hybridized carbons (Fsp3) is 0.458. The smallest absolute Gasteiger partial charge is 0.225 e. The van der Waals surface area contributed by atoms with Crippen LogP contribution in [0.4, 0.5) is 0 Å². The molecular weight excluding hydrogens is 416 g/mol. The van der Waals surface area contributed by atoms with Gasteiger partial charge in [-0.05, 0) is 18.9 Å². The highest BCUT2D eigenvalue weighted by Gasteiger charge is 2.31. The molecule has 1 saturated heterocycles. The summed E-state index contributed by atoms with van der Waals surface area (Å²) in [4.78, 5) is 23.4. The molecule has 0 bridgehead atoms. The van der Waals surface area contributed by atoms with Crippen LogP contribution < -0.4 is 5.73 Å². The van der Waals surface area contributed by atoms with Crippen molar-refractivity contribution in [1.29, 1.82) is 0 Å². The molecule has 0 aliphatic carbocycles. The maximum atomic E-state index is 12.1. The molecule has 1 aliphatic heterocycles. The Balaban J connectivity index is 1.59. The van der Waals surface area contributed by atoms with Crippen LogP contribution in [-0.2, 0) is 4.79 Å². The number of likely N-dealkylation sites (tertiary alicyclic amines) is 1. The minimum Gasteiger partial charge on any atom is -0.404 e. The highest BCUT2D eigenvalue weighted by atomic mass is 16.2. The largest absolute Gasteiger partial charge is 0.404 e. The Labute approximate surface area is 194 Å². The summed E-state index contributed by atoms with van der Waals surface area (Å²) < 4.78 is 3.81. The summed E-state index contributed by atoms with van der Waals surface area (Å²) in [5, 5.41) is 9.00. The third-order valence-electron chi connectivity index (χ3n) is 6.15. The number of fused-ring (bicyclic) bond motifs is 1. The number of aliphatic imine (C=N–C) groups is 1. The quantitative estimate of drug-likeness (QED) is 0.533. The Morgan fingerprint density at radius 2 is 2.00 bits per heavy atom. The van der Waals surface area contributed by atoms with Gasteiger partial charge in [0, 0.05) is 48.8 Å². The lowest BCUT2D eigenvalue weighted by atomic mass is 10.1. The van der Waals surface area contributed by atoms with Crippen molar-refractivity contribution in [2.75, 3.05) is 13.1 Å². The van der Waals surface area contributed by atoms with Crippen LogP contribution in [0, 0.1) is 5.92 Å². The van der Waals surface area contributed by atoms with E-state index in [0.29, 0.717) is 30.4 Å². The van der Waals surface area contributed by atoms with Gasteiger partial charge in [-0.1, -0.05) is 27.7 Å². The first-order valence-electron chi connectivity index (χ1n) is 11.6. The molecule has 9 heteroatoms. The normalized spacial score (nSPS) is 15.3. The number of hydrogen-bond donors (Lipinski definition) is 1. The topological polar surface area (TPSA) is 107 Å². The summed E-state index contributed by atoms with van der Waals surface area (Å²) in [7, 11) is 0. The Kier molecular flexibility index (Phi) is 6.57. The van der Waals surface area contributed by atoms with Crippen LogP contribution in [0.2, 0.25) is 0 Å². The molecule has 33 heavy (non-hydrogen) atoms. The summed E-state index contributed by atoms with van der Waals surface area (Å²) in [6.45, 7) is 9.44. The Bertz CT molecular complexity index is 1180. The van der Waals surface area contributed by atoms with E-state index in [-0.39, 0.29) is 17.9 Å². The maximum Gasteiger partial charge on any atom is 0.225 e. The number of amides is 1. The molecule has 0 unspecified atom stereocenters. The van der Waals surface area contributed by atoms with Gasteiger partial charge in [-0.2, -0.15) is 10.2 Å². The summed E-state index contributed by atoms with van der Waals surface area (Å²) in [6, 6.07) is 2.38. The second kappa shape index (κ2) is 9.56. The average Bonchev–Trinajstić information content (AvgIpc) is 3.45. The number of aromatic nitrogens is 5. The minimum atomic E-state index is 0.00661. The molecular formula is C24H32N8O. The van der Waals surface area contributed by atoms with Crippen molar-refractivity contribution in [1.82, 2.24) is 29.3 Å². The van der Waals surface area contributed by atoms with E-state index in [1.807, 2.05) is 48.1 Å². The maximum absolute atomic E-state index is 12.1. The molecule has 0 radical (unpaired) electrons. The Hall–Kier alpha value is -3.49. The minimum absolute atomic E-state index is 0.00661. The van der Waals surface area contributed by atoms with Crippen molar-refractivity contribution < 1.29 is 4.79 Å². The predicted molar refractivity (Wildman–Crippen MR) is 130 cm³/mol. The van der Waals surface area contributed by atoms with Crippen LogP contribution >= 0.6 is 0 Å². The van der Waals surface area contributed by atoms with E-state index in [4.69, 9.17) is 10.7 Å². The first-order valence-corrected chi connectivity index (χ1v) is 11.6. The van der Waals surface area contributed by atoms with Gasteiger partial charge in [0.05, 0.1) is 47.6 Å². The summed E-state index contributed by atoms with van der Waals surface area (Å²) in [6.07, 6.45) is 12.8. The van der Waals surface area contributed by atoms with E-state index in [1.54, 1.807) is 16.9 Å². The third-order valence-corrected chi connectivity index (χ3v) is 6.15. The van der Waals surface area contributed by atoms with Crippen LogP contribution in [0.15, 0.2) is 42.0 Å². The Morgan fingerprint density at radius 3 is 2.67 bits per heavy atom. The number of allylic oxidation sites excluding steroid dienone is 1. The summed E-state index contributed by atoms with van der Waals surface area (Å²) >= 11 is 0. The molecule has 0 saturated carbocycles. The first-order chi connectivity index (χ1) is 15.9. The molecule has 174 valence electrons. The lowest BCUT2D eigenvalue weighted by Gasteiger charge is -2.38. The summed E-state index contributed by atoms with van der Waals surface area (Å²) in [5.41, 5.74) is 9.97. The first kappa shape index (κ1) is 22.7. The molecule has 0 atom stereocenters. The highest BCUT2D eigenvalue weighted by Crippen LogP contribution is 2.26. The molecule has 9 nitrogen and oxygen atoms in total. The zero-order chi connectivity index (χ0) is 23.5. The molecule has 1 fully saturated rings. The lowest BCUT2D eigenvalue weighted by molar-refractivity contribution is -0.138. The highest BCUT2D eigenvalue weighted by molar-refractivity contribution is 6.09. The van der Waals surface area contributed by atoms with Gasteiger partial charge >= 0.3 is 0 Å². The van der Waals surface area contributed by atoms with E-state index in [1.165, 1.54) is 6.20 Å². The van der Waals surface area contributed by atoms with Crippen molar-refractivity contribution in [2.24, 2.45) is 16.6 Å². The monoisotopic (exact) mass is 448 g/mol. The number of hydrogen-bond acceptors (Lipinski definition) is 6. The molecule has 0 spiro atoms. The van der Waals surface area contributed by atoms with Crippen LogP contribution in [-0.4, -0.2) is 60.5 Å². The predicted octanol–water partition coefficient (Wildman–Crippen LogP) is 3.19. The second-order valence-electron chi connectivity index (χ2n) is 8.77. The SMILES string of the molecule is CCC(CC)n1cc(-c2nc(C(C=NC3CN(C(=O)C(C)C)C3)=CN)cn3nccc23)cn1. The average molecular weight is 449 g/mol. The van der Waals surface area contributed by atoms with E-state index < -0.39 is 0 Å². The van der Waals surface area contributed by atoms with Gasteiger partial charge in [0.25, 0.3) is 0 Å². The zero-order valence-electron chi connectivity index (χ0n) is 19.7. The van der Waals surface area contributed by atoms with Crippen molar-refractivity contribution in [3.63, 3.8) is 0 Å². The third kappa shape index (κ3) is 4.53. The molecule has 2 N–H and O–H groups in total. The van der Waals surface area contributed by atoms with E-state index in [0.717, 1.165) is 29.6 Å². The fourth-order valence-electron chi connectivity index (χ4n) is 4.08. The number of nitrogens with zero attached hydrogens (tertiary/aromatic N) is 7. The van der Waals surface area contributed by atoms with Gasteiger partial charge in [0.2, 0.25) is 5.91 Å². The molecule has 0 aromatic carbocycles. The van der Waals surface area contributed by atoms with Gasteiger partial charge < -0.3 is 10.6 Å². The molecule has 4 rings (SSSR count). The molecule has 4 heterocycles. The van der Waals surface area contributed by atoms with Gasteiger partial charge in [0.1, 0.15) is 0 Å². The van der Waals surface area contributed by atoms with Crippen molar-refractivity contribution >= 4 is 23.2 Å². The molecule has 1 aliphatic rings. The number of rotatable bonds is 8. The number of carbonyl (C=O) groups is 1. The van der Waals surface area contributed by atoms with Gasteiger partial charge in [0.15, 0.2) is 0 Å². The van der Waals surface area contributed by atoms with E-state index >= 15 is 0 Å². The Morgan fingerprint density at radius 1 is 1.24 bits per heavy atom. The standard InChI is InChI=1S/C24H32N8O/c1-5-20(6-2)31-12-18(11-28-31)23-22-7-8-27-32(22)15-21(29-23)17(9-25)10-26-19-13-30(14-19)24(33)16(3)4/h7-12,15-16,19-20H,5-6,13-14,25H2,1-4H3. The van der Waals surface area contributed by atoms with E-state index in [9.17, 15) is 4.79 Å². The number of carbonyl (C=O) groups excluding carboxylic acids is 1. The van der Waals surface area contributed by atoms with Crippen molar-refractivity contribution in [2.45, 2.75) is 52.6 Å². The van der Waals surface area contributed by atoms with Crippen molar-refractivity contribution in [3.8, 4) is 11.3 Å². The molecule has 3 aromatic heterocycles. The van der Waals surface area contributed by atoms with Gasteiger partial charge in [-0.25, -0.2) is 9.50 Å². The van der Waals surface area contributed by atoms with Gasteiger partial charge in [-0.15, -0.1) is 0 Å². The summed E-state index contributed by atoms with van der Waals surface area (Å²) in [5.74, 6) is 0.174. The van der Waals surface area contributed by atoms with Crippen LogP contribution in [0.25, 0.3) is 22.3 Å². The fourth-order valence-corrected chi connectivity index (χ4v) is 4.08. The zero-order valence-corrected chi connectivity index (χ0v) is 19.7. The van der Waals surface area contributed by atoms with Crippen LogP contribution in [0.3, 0.4) is 0 Å². The van der Waals surface area contributed by atoms with E-state index in [2.05, 4.69) is 29.0 Å². The lowest BCUT2D eigenvalue weighted by Crippen LogP contribution is -2.54. The van der Waals surface area contributed by atoms with Crippen LogP contribution in [0.1, 0.15) is 52.3 Å². The molecule has 1 amide bonds. The second-order valence-corrected chi connectivity index (χ2v) is 8.77.